The molecular weight excluding hydrogens is 322 g/mol. The maximum Gasteiger partial charge on any atom is 0.303 e. The van der Waals surface area contributed by atoms with E-state index in [4.69, 9.17) is 15.0 Å². The zero-order valence-corrected chi connectivity index (χ0v) is 13.2. The van der Waals surface area contributed by atoms with Crippen LogP contribution >= 0.6 is 11.8 Å². The Morgan fingerprint density at radius 3 is 2.74 bits per heavy atom. The second-order valence-corrected chi connectivity index (χ2v) is 6.09. The molecule has 9 heteroatoms. The maximum atomic E-state index is 11.4. The van der Waals surface area contributed by atoms with Crippen molar-refractivity contribution in [3.8, 4) is 0 Å². The highest BCUT2D eigenvalue weighted by atomic mass is 32.2. The molecular formula is C14H17N3O5S. The van der Waals surface area contributed by atoms with Gasteiger partial charge in [0.1, 0.15) is 23.7 Å². The van der Waals surface area contributed by atoms with E-state index in [0.29, 0.717) is 0 Å². The Hall–Kier alpha value is -1.77. The summed E-state index contributed by atoms with van der Waals surface area (Å²) >= 11 is 1.26. The van der Waals surface area contributed by atoms with Crippen LogP contribution in [0, 0.1) is 0 Å². The van der Waals surface area contributed by atoms with Crippen LogP contribution in [0.2, 0.25) is 0 Å². The molecule has 1 aromatic carbocycles. The van der Waals surface area contributed by atoms with E-state index in [1.54, 1.807) is 0 Å². The molecule has 124 valence electrons. The summed E-state index contributed by atoms with van der Waals surface area (Å²) in [5, 5.41) is 23.1. The van der Waals surface area contributed by atoms with E-state index in [-0.39, 0.29) is 0 Å². The average molecular weight is 339 g/mol. The quantitative estimate of drug-likeness (QED) is 0.362. The van der Waals surface area contributed by atoms with Gasteiger partial charge in [-0.1, -0.05) is 35.1 Å². The smallest absolute Gasteiger partial charge is 0.303 e. The zero-order valence-electron chi connectivity index (χ0n) is 12.3. The average Bonchev–Trinajstić information content (AvgIpc) is 2.54. The normalized spacial score (nSPS) is 30.3. The van der Waals surface area contributed by atoms with Crippen LogP contribution in [0.1, 0.15) is 6.92 Å². The number of hydrogen-bond donors (Lipinski definition) is 2. The Bertz CT molecular complexity index is 581. The van der Waals surface area contributed by atoms with E-state index in [0.717, 1.165) is 4.90 Å². The van der Waals surface area contributed by atoms with Crippen molar-refractivity contribution in [2.75, 3.05) is 6.61 Å². The van der Waals surface area contributed by atoms with E-state index in [1.165, 1.54) is 18.7 Å². The van der Waals surface area contributed by atoms with Gasteiger partial charge in [0.2, 0.25) is 0 Å². The first kappa shape index (κ1) is 17.6. The molecule has 0 saturated carbocycles. The van der Waals surface area contributed by atoms with Gasteiger partial charge in [0, 0.05) is 16.7 Å². The third-order valence-corrected chi connectivity index (χ3v) is 4.46. The van der Waals surface area contributed by atoms with Crippen molar-refractivity contribution < 1.29 is 24.5 Å². The van der Waals surface area contributed by atoms with E-state index in [9.17, 15) is 15.0 Å². The van der Waals surface area contributed by atoms with Crippen LogP contribution in [0.5, 0.6) is 0 Å². The molecule has 0 bridgehead atoms. The number of carbonyl (C=O) groups is 1. The van der Waals surface area contributed by atoms with E-state index in [1.807, 2.05) is 30.3 Å². The predicted molar refractivity (Wildman–Crippen MR) is 82.5 cm³/mol. The van der Waals surface area contributed by atoms with Crippen LogP contribution in [0.15, 0.2) is 40.3 Å². The Morgan fingerprint density at radius 2 is 2.17 bits per heavy atom. The molecule has 1 aromatic rings. The summed E-state index contributed by atoms with van der Waals surface area (Å²) in [7, 11) is 0. The van der Waals surface area contributed by atoms with Gasteiger partial charge in [-0.3, -0.25) is 4.79 Å². The lowest BCUT2D eigenvalue weighted by Gasteiger charge is -2.41. The van der Waals surface area contributed by atoms with Gasteiger partial charge >= 0.3 is 5.97 Å². The van der Waals surface area contributed by atoms with Gasteiger partial charge in [0.05, 0.1) is 12.7 Å². The molecule has 2 rings (SSSR count). The van der Waals surface area contributed by atoms with Gasteiger partial charge in [-0.2, -0.15) is 0 Å². The molecule has 0 aromatic heterocycles. The van der Waals surface area contributed by atoms with Crippen molar-refractivity contribution in [3.05, 3.63) is 40.8 Å². The van der Waals surface area contributed by atoms with Gasteiger partial charge in [0.15, 0.2) is 0 Å². The topological polar surface area (TPSA) is 125 Å². The summed E-state index contributed by atoms with van der Waals surface area (Å²) in [4.78, 5) is 14.9. The van der Waals surface area contributed by atoms with E-state index >= 15 is 0 Å². The third kappa shape index (κ3) is 4.37. The molecule has 1 aliphatic rings. The summed E-state index contributed by atoms with van der Waals surface area (Å²) < 4.78 is 10.9. The van der Waals surface area contributed by atoms with Crippen LogP contribution in [0.25, 0.3) is 10.4 Å². The predicted octanol–water partition coefficient (Wildman–Crippen LogP) is 1.47. The minimum absolute atomic E-state index is 0.447. The number of hydrogen-bond acceptors (Lipinski definition) is 7. The molecule has 0 unspecified atom stereocenters. The Kier molecular flexibility index (Phi) is 6.26. The Labute approximate surface area is 137 Å². The number of nitrogens with zero attached hydrogens (tertiary/aromatic N) is 3. The molecule has 1 aliphatic heterocycles. The number of carbonyl (C=O) groups excluding carboxylic acids is 1. The van der Waals surface area contributed by atoms with Crippen LogP contribution in [-0.2, 0) is 14.3 Å². The minimum Gasteiger partial charge on any atom is -0.458 e. The van der Waals surface area contributed by atoms with Gasteiger partial charge in [-0.05, 0) is 17.7 Å². The minimum atomic E-state index is -1.27. The largest absolute Gasteiger partial charge is 0.458 e. The molecule has 0 spiro atoms. The van der Waals surface area contributed by atoms with Crippen molar-refractivity contribution in [3.63, 3.8) is 0 Å². The van der Waals surface area contributed by atoms with Gasteiger partial charge < -0.3 is 19.7 Å². The molecule has 23 heavy (non-hydrogen) atoms. The fraction of sp³-hybridized carbons (Fsp3) is 0.500. The molecule has 1 fully saturated rings. The van der Waals surface area contributed by atoms with Gasteiger partial charge in [-0.15, -0.1) is 0 Å². The fourth-order valence-electron chi connectivity index (χ4n) is 2.30. The molecule has 0 radical (unpaired) electrons. The number of thioether (sulfide) groups is 1. The van der Waals surface area contributed by atoms with E-state index < -0.39 is 42.4 Å². The summed E-state index contributed by atoms with van der Waals surface area (Å²) in [6.07, 6.45) is -3.17. The third-order valence-electron chi connectivity index (χ3n) is 3.31. The highest BCUT2D eigenvalue weighted by Crippen LogP contribution is 2.36. The highest BCUT2D eigenvalue weighted by Gasteiger charge is 2.47. The second-order valence-electron chi connectivity index (χ2n) is 4.92. The number of aliphatic hydroxyl groups excluding tert-OH is 2. The van der Waals surface area contributed by atoms with Crippen LogP contribution in [0.3, 0.4) is 0 Å². The van der Waals surface area contributed by atoms with Gasteiger partial charge in [0.25, 0.3) is 0 Å². The van der Waals surface area contributed by atoms with Crippen LogP contribution < -0.4 is 0 Å². The molecule has 5 atom stereocenters. The number of benzene rings is 1. The zero-order chi connectivity index (χ0) is 16.8. The fourth-order valence-corrected chi connectivity index (χ4v) is 3.43. The summed E-state index contributed by atoms with van der Waals surface area (Å²) in [6.45, 7) is 0.777. The molecule has 8 nitrogen and oxygen atoms in total. The summed E-state index contributed by atoms with van der Waals surface area (Å²) in [5.74, 6) is -0.579. The van der Waals surface area contributed by atoms with Crippen molar-refractivity contribution >= 4 is 17.7 Å². The van der Waals surface area contributed by atoms with Crippen molar-refractivity contribution in [2.24, 2.45) is 5.11 Å². The first-order valence-corrected chi connectivity index (χ1v) is 7.82. The molecule has 1 saturated heterocycles. The SMILES string of the molecule is CC(=O)O[C@@H]1[C@@H](N=[N+]=[N-])[C@@H](O)[C@@H](CO)O[C@H]1Sc1ccccc1. The Morgan fingerprint density at radius 1 is 1.48 bits per heavy atom. The monoisotopic (exact) mass is 339 g/mol. The summed E-state index contributed by atoms with van der Waals surface area (Å²) in [5.41, 5.74) is 8.00. The standard InChI is InChI=1S/C14H17N3O5S/c1-8(19)21-13-11(16-17-15)12(20)10(7-18)22-14(13)23-9-5-3-2-4-6-9/h2-6,10-14,18,20H,7H2,1H3/t10-,11+,12+,13-,14+/m1/s1. The van der Waals surface area contributed by atoms with Crippen molar-refractivity contribution in [2.45, 2.75) is 41.6 Å². The first-order valence-electron chi connectivity index (χ1n) is 6.94. The number of azide groups is 1. The molecule has 0 aliphatic carbocycles. The lowest BCUT2D eigenvalue weighted by molar-refractivity contribution is -0.184. The first-order chi connectivity index (χ1) is 11.1. The maximum absolute atomic E-state index is 11.4. The van der Waals surface area contributed by atoms with Gasteiger partial charge in [-0.25, -0.2) is 0 Å². The molecule has 2 N–H and O–H groups in total. The lowest BCUT2D eigenvalue weighted by Crippen LogP contribution is -2.57. The lowest BCUT2D eigenvalue weighted by atomic mass is 9.98. The number of aliphatic hydroxyl groups is 2. The number of ether oxygens (including phenoxy) is 2. The number of rotatable bonds is 5. The van der Waals surface area contributed by atoms with Crippen molar-refractivity contribution in [1.82, 2.24) is 0 Å². The molecule has 1 heterocycles. The summed E-state index contributed by atoms with van der Waals surface area (Å²) in [6, 6.07) is 8.19. The van der Waals surface area contributed by atoms with Crippen LogP contribution in [-0.4, -0.2) is 52.6 Å². The van der Waals surface area contributed by atoms with E-state index in [2.05, 4.69) is 10.0 Å². The molecule has 0 amide bonds. The van der Waals surface area contributed by atoms with Crippen LogP contribution in [0.4, 0.5) is 0 Å². The highest BCUT2D eigenvalue weighted by molar-refractivity contribution is 7.99. The van der Waals surface area contributed by atoms with Crippen molar-refractivity contribution in [1.29, 1.82) is 0 Å². The second kappa shape index (κ2) is 8.19. The number of esters is 1. The Balaban J connectivity index is 2.30.